The summed E-state index contributed by atoms with van der Waals surface area (Å²) in [6.45, 7) is -0.0635. The molecule has 2 amide bonds. The Morgan fingerprint density at radius 3 is 2.41 bits per heavy atom. The minimum atomic E-state index is -0.490. The van der Waals surface area contributed by atoms with Crippen molar-refractivity contribution >= 4 is 22.6 Å². The highest BCUT2D eigenvalue weighted by atomic mass is 16.3. The summed E-state index contributed by atoms with van der Waals surface area (Å²) in [7, 11) is 0. The number of aliphatic hydroxyl groups excluding tert-OH is 1. The number of carbonyl (C=O) groups is 2. The first-order valence-electron chi connectivity index (χ1n) is 9.26. The lowest BCUT2D eigenvalue weighted by atomic mass is 10.1. The molecule has 29 heavy (non-hydrogen) atoms. The average Bonchev–Trinajstić information content (AvgIpc) is 2.75. The molecule has 0 bridgehead atoms. The maximum Gasteiger partial charge on any atom is 0.272 e. The molecule has 0 aliphatic carbocycles. The van der Waals surface area contributed by atoms with E-state index in [4.69, 9.17) is 0 Å². The largest absolute Gasteiger partial charge is 0.394 e. The quantitative estimate of drug-likeness (QED) is 0.450. The number of fused-ring (bicyclic) bond motifs is 1. The molecule has 8 nitrogen and oxygen atoms in total. The van der Waals surface area contributed by atoms with Crippen molar-refractivity contribution in [3.63, 3.8) is 0 Å². The minimum Gasteiger partial charge on any atom is -0.394 e. The summed E-state index contributed by atoms with van der Waals surface area (Å²) >= 11 is 0. The molecule has 4 N–H and O–H groups in total. The molecule has 8 heteroatoms. The van der Waals surface area contributed by atoms with E-state index in [0.29, 0.717) is 16.5 Å². The van der Waals surface area contributed by atoms with Gasteiger partial charge in [0.15, 0.2) is 0 Å². The van der Waals surface area contributed by atoms with Gasteiger partial charge in [0.2, 0.25) is 11.8 Å². The fourth-order valence-corrected chi connectivity index (χ4v) is 3.02. The molecule has 0 saturated carbocycles. The van der Waals surface area contributed by atoms with Gasteiger partial charge in [0.1, 0.15) is 0 Å². The zero-order valence-corrected chi connectivity index (χ0v) is 15.7. The summed E-state index contributed by atoms with van der Waals surface area (Å²) in [4.78, 5) is 36.1. The summed E-state index contributed by atoms with van der Waals surface area (Å²) in [5.41, 5.74) is 0.966. The normalized spacial score (nSPS) is 11.8. The number of benzene rings is 2. The summed E-state index contributed by atoms with van der Waals surface area (Å²) in [5, 5.41) is 22.4. The van der Waals surface area contributed by atoms with Crippen molar-refractivity contribution in [3.05, 3.63) is 76.2 Å². The van der Waals surface area contributed by atoms with Crippen LogP contribution >= 0.6 is 0 Å². The highest BCUT2D eigenvalue weighted by Crippen LogP contribution is 2.13. The van der Waals surface area contributed by atoms with Gasteiger partial charge < -0.3 is 15.7 Å². The molecule has 3 rings (SSSR count). The Bertz CT molecular complexity index is 1050. The number of nitrogens with one attached hydrogen (secondary N) is 3. The van der Waals surface area contributed by atoms with Crippen LogP contribution in [0, 0.1) is 0 Å². The number of amides is 2. The molecule has 150 valence electrons. The maximum absolute atomic E-state index is 12.2. The third-order valence-corrected chi connectivity index (χ3v) is 4.50. The van der Waals surface area contributed by atoms with Gasteiger partial charge in [0.25, 0.3) is 5.56 Å². The molecule has 0 unspecified atom stereocenters. The Balaban J connectivity index is 1.51. The molecule has 0 fully saturated rings. The van der Waals surface area contributed by atoms with E-state index < -0.39 is 6.04 Å². The van der Waals surface area contributed by atoms with E-state index in [2.05, 4.69) is 20.8 Å². The molecule has 3 aromatic rings. The lowest BCUT2D eigenvalue weighted by Crippen LogP contribution is -2.34. The van der Waals surface area contributed by atoms with Gasteiger partial charge in [0, 0.05) is 18.4 Å². The van der Waals surface area contributed by atoms with Crippen molar-refractivity contribution in [1.82, 2.24) is 20.8 Å². The monoisotopic (exact) mass is 394 g/mol. The number of aliphatic hydroxyl groups is 1. The first-order chi connectivity index (χ1) is 14.1. The lowest BCUT2D eigenvalue weighted by molar-refractivity contribution is -0.122. The van der Waals surface area contributed by atoms with Crippen LogP contribution < -0.4 is 16.2 Å². The highest BCUT2D eigenvalue weighted by Gasteiger charge is 2.14. The zero-order chi connectivity index (χ0) is 20.6. The first kappa shape index (κ1) is 20.2. The number of aromatic amines is 1. The molecule has 1 heterocycles. The predicted octanol–water partition coefficient (Wildman–Crippen LogP) is 0.822. The van der Waals surface area contributed by atoms with E-state index in [1.54, 1.807) is 24.3 Å². The van der Waals surface area contributed by atoms with E-state index in [1.807, 2.05) is 30.3 Å². The van der Waals surface area contributed by atoms with Gasteiger partial charge in [-0.25, -0.2) is 5.10 Å². The van der Waals surface area contributed by atoms with Gasteiger partial charge >= 0.3 is 0 Å². The number of carbonyl (C=O) groups excluding carboxylic acids is 2. The Kier molecular flexibility index (Phi) is 6.70. The van der Waals surface area contributed by atoms with Crippen LogP contribution in [0.3, 0.4) is 0 Å². The minimum absolute atomic E-state index is 0.0117. The second-order valence-corrected chi connectivity index (χ2v) is 6.54. The van der Waals surface area contributed by atoms with Crippen LogP contribution in [0.2, 0.25) is 0 Å². The topological polar surface area (TPSA) is 124 Å². The average molecular weight is 394 g/mol. The van der Waals surface area contributed by atoms with Gasteiger partial charge in [-0.3, -0.25) is 14.4 Å². The third kappa shape index (κ3) is 5.26. The maximum atomic E-state index is 12.2. The zero-order valence-electron chi connectivity index (χ0n) is 15.7. The van der Waals surface area contributed by atoms with Crippen molar-refractivity contribution in [3.8, 4) is 0 Å². The van der Waals surface area contributed by atoms with Crippen LogP contribution in [0.15, 0.2) is 59.4 Å². The summed E-state index contributed by atoms with van der Waals surface area (Å²) in [5.74, 6) is -0.579. The molecule has 0 radical (unpaired) electrons. The Morgan fingerprint density at radius 2 is 1.69 bits per heavy atom. The van der Waals surface area contributed by atoms with Crippen LogP contribution in [0.1, 0.15) is 23.7 Å². The van der Waals surface area contributed by atoms with Crippen molar-refractivity contribution in [2.75, 3.05) is 13.2 Å². The van der Waals surface area contributed by atoms with Gasteiger partial charge in [-0.15, -0.1) is 0 Å². The van der Waals surface area contributed by atoms with Gasteiger partial charge in [-0.2, -0.15) is 5.10 Å². The number of hydrogen-bond donors (Lipinski definition) is 4. The molecule has 1 aromatic heterocycles. The molecule has 2 aromatic carbocycles. The highest BCUT2D eigenvalue weighted by molar-refractivity contribution is 5.88. The fourth-order valence-electron chi connectivity index (χ4n) is 3.02. The van der Waals surface area contributed by atoms with Crippen molar-refractivity contribution in [1.29, 1.82) is 0 Å². The van der Waals surface area contributed by atoms with E-state index >= 15 is 0 Å². The van der Waals surface area contributed by atoms with Gasteiger partial charge in [-0.1, -0.05) is 48.5 Å². The number of aromatic nitrogens is 2. The third-order valence-electron chi connectivity index (χ3n) is 4.50. The summed E-state index contributed by atoms with van der Waals surface area (Å²) in [6, 6.07) is 15.6. The summed E-state index contributed by atoms with van der Waals surface area (Å²) < 4.78 is 0. The van der Waals surface area contributed by atoms with Crippen LogP contribution in [-0.4, -0.2) is 40.3 Å². The van der Waals surface area contributed by atoms with Gasteiger partial charge in [-0.05, 0) is 11.6 Å². The first-order valence-corrected chi connectivity index (χ1v) is 9.26. The fraction of sp³-hybridized carbons (Fsp3) is 0.238. The van der Waals surface area contributed by atoms with Crippen molar-refractivity contribution < 1.29 is 14.7 Å². The summed E-state index contributed by atoms with van der Waals surface area (Å²) in [6.07, 6.45) is 0.0665. The molecule has 0 aliphatic rings. The molecule has 0 aliphatic heterocycles. The Hall–Kier alpha value is -3.52. The van der Waals surface area contributed by atoms with Crippen molar-refractivity contribution in [2.24, 2.45) is 0 Å². The number of hydrogen-bond acceptors (Lipinski definition) is 5. The second kappa shape index (κ2) is 9.61. The Morgan fingerprint density at radius 1 is 1.00 bits per heavy atom. The Labute approximate surface area is 167 Å². The molecular weight excluding hydrogens is 372 g/mol. The second-order valence-electron chi connectivity index (χ2n) is 6.54. The van der Waals surface area contributed by atoms with Crippen LogP contribution in [0.4, 0.5) is 0 Å². The van der Waals surface area contributed by atoms with E-state index in [-0.39, 0.29) is 43.4 Å². The van der Waals surface area contributed by atoms with E-state index in [9.17, 15) is 19.5 Å². The predicted molar refractivity (Wildman–Crippen MR) is 108 cm³/mol. The number of nitrogens with zero attached hydrogens (tertiary/aromatic N) is 1. The SMILES string of the molecule is O=C(Cc1n[nH]c(=O)c2ccccc12)NCCC(=O)N[C@H](CO)c1ccccc1. The van der Waals surface area contributed by atoms with Crippen LogP contribution in [-0.2, 0) is 16.0 Å². The van der Waals surface area contributed by atoms with E-state index in [1.165, 1.54) is 0 Å². The van der Waals surface area contributed by atoms with Gasteiger partial charge in [0.05, 0.1) is 30.1 Å². The van der Waals surface area contributed by atoms with Crippen LogP contribution in [0.25, 0.3) is 10.8 Å². The number of rotatable bonds is 8. The smallest absolute Gasteiger partial charge is 0.272 e. The molecular formula is C21H22N4O4. The molecule has 0 spiro atoms. The standard InChI is InChI=1S/C21H22N4O4/c26-13-18(14-6-2-1-3-7-14)23-19(27)10-11-22-20(28)12-17-15-8-4-5-9-16(15)21(29)25-24-17/h1-9,18,26H,10-13H2,(H,22,28)(H,23,27)(H,25,29)/t18-/m1/s1. The lowest BCUT2D eigenvalue weighted by Gasteiger charge is -2.16. The number of H-pyrrole nitrogens is 1. The van der Waals surface area contributed by atoms with Crippen LogP contribution in [0.5, 0.6) is 0 Å². The van der Waals surface area contributed by atoms with E-state index in [0.717, 1.165) is 5.56 Å². The molecule has 1 atom stereocenters. The van der Waals surface area contributed by atoms with Crippen molar-refractivity contribution in [2.45, 2.75) is 18.9 Å². The molecule has 0 saturated heterocycles.